The second-order valence-corrected chi connectivity index (χ2v) is 10.4. The molecular weight excluding hydrogens is 404 g/mol. The van der Waals surface area contributed by atoms with Gasteiger partial charge in [-0.05, 0) is 62.8 Å². The molecular formula is C22H32N2O5S. The number of ether oxygens (including phenoxy) is 2. The molecule has 1 unspecified atom stereocenters. The van der Waals surface area contributed by atoms with E-state index in [9.17, 15) is 13.2 Å². The largest absolute Gasteiger partial charge is 0.494 e. The highest BCUT2D eigenvalue weighted by Crippen LogP contribution is 2.36. The van der Waals surface area contributed by atoms with Crippen molar-refractivity contribution < 1.29 is 22.7 Å². The van der Waals surface area contributed by atoms with Crippen LogP contribution in [-0.2, 0) is 19.6 Å². The molecule has 1 aromatic rings. The van der Waals surface area contributed by atoms with E-state index >= 15 is 0 Å². The van der Waals surface area contributed by atoms with E-state index in [0.29, 0.717) is 45.1 Å². The van der Waals surface area contributed by atoms with Crippen LogP contribution in [0.25, 0.3) is 0 Å². The molecule has 1 amide bonds. The zero-order valence-corrected chi connectivity index (χ0v) is 18.5. The molecule has 1 aromatic carbocycles. The van der Waals surface area contributed by atoms with Crippen molar-refractivity contribution in [3.05, 3.63) is 24.3 Å². The van der Waals surface area contributed by atoms with Crippen molar-refractivity contribution in [2.24, 2.45) is 5.92 Å². The molecule has 3 aliphatic rings. The summed E-state index contributed by atoms with van der Waals surface area (Å²) in [5.41, 5.74) is 0. The van der Waals surface area contributed by atoms with E-state index in [-0.39, 0.29) is 28.8 Å². The van der Waals surface area contributed by atoms with Crippen molar-refractivity contribution in [2.45, 2.75) is 62.4 Å². The Morgan fingerprint density at radius 3 is 2.43 bits per heavy atom. The van der Waals surface area contributed by atoms with Crippen LogP contribution in [0.4, 0.5) is 0 Å². The van der Waals surface area contributed by atoms with Crippen molar-refractivity contribution in [1.82, 2.24) is 9.21 Å². The molecule has 4 rings (SSSR count). The predicted octanol–water partition coefficient (Wildman–Crippen LogP) is 2.66. The summed E-state index contributed by atoms with van der Waals surface area (Å²) in [5.74, 6) is 1.02. The third-order valence-electron chi connectivity index (χ3n) is 6.22. The van der Waals surface area contributed by atoms with Crippen LogP contribution in [0, 0.1) is 5.92 Å². The number of nitrogens with zero attached hydrogens (tertiary/aromatic N) is 2. The molecule has 2 heterocycles. The molecule has 2 aliphatic heterocycles. The molecule has 7 nitrogen and oxygen atoms in total. The van der Waals surface area contributed by atoms with E-state index in [4.69, 9.17) is 9.47 Å². The first kappa shape index (κ1) is 21.6. The normalized spacial score (nSPS) is 23.4. The number of rotatable bonds is 8. The maximum atomic E-state index is 13.2. The lowest BCUT2D eigenvalue weighted by atomic mass is 10.0. The Morgan fingerprint density at radius 2 is 1.80 bits per heavy atom. The fraction of sp³-hybridized carbons (Fsp3) is 0.682. The summed E-state index contributed by atoms with van der Waals surface area (Å²) in [5, 5.41) is 0. The lowest BCUT2D eigenvalue weighted by molar-refractivity contribution is -0.139. The van der Waals surface area contributed by atoms with Gasteiger partial charge in [0.05, 0.1) is 11.5 Å². The maximum Gasteiger partial charge on any atom is 0.243 e. The topological polar surface area (TPSA) is 76.2 Å². The highest BCUT2D eigenvalue weighted by Gasteiger charge is 2.43. The summed E-state index contributed by atoms with van der Waals surface area (Å²) in [6.07, 6.45) is 5.17. The first-order valence-electron chi connectivity index (χ1n) is 11.1. The summed E-state index contributed by atoms with van der Waals surface area (Å²) in [6, 6.07) is 6.75. The van der Waals surface area contributed by atoms with Gasteiger partial charge in [-0.3, -0.25) is 4.79 Å². The molecule has 0 N–H and O–H groups in total. The lowest BCUT2D eigenvalue weighted by Gasteiger charge is -2.38. The number of sulfonamides is 1. The van der Waals surface area contributed by atoms with Gasteiger partial charge in [0.2, 0.25) is 15.9 Å². The highest BCUT2D eigenvalue weighted by atomic mass is 32.2. The Morgan fingerprint density at radius 1 is 1.10 bits per heavy atom. The zero-order chi connectivity index (χ0) is 21.1. The molecule has 1 saturated carbocycles. The second kappa shape index (κ2) is 9.24. The van der Waals surface area contributed by atoms with Gasteiger partial charge in [0.1, 0.15) is 5.75 Å². The van der Waals surface area contributed by atoms with Gasteiger partial charge in [0.25, 0.3) is 0 Å². The highest BCUT2D eigenvalue weighted by molar-refractivity contribution is 7.89. The van der Waals surface area contributed by atoms with Crippen LogP contribution in [-0.4, -0.2) is 68.5 Å². The van der Waals surface area contributed by atoms with Crippen molar-refractivity contribution in [3.63, 3.8) is 0 Å². The first-order chi connectivity index (χ1) is 14.5. The Bertz CT molecular complexity index is 832. The molecule has 166 valence electrons. The third kappa shape index (κ3) is 4.65. The molecule has 8 heteroatoms. The van der Waals surface area contributed by atoms with E-state index in [2.05, 4.69) is 0 Å². The Kier molecular flexibility index (Phi) is 6.65. The quantitative estimate of drug-likeness (QED) is 0.626. The summed E-state index contributed by atoms with van der Waals surface area (Å²) < 4.78 is 38.9. The zero-order valence-electron chi connectivity index (χ0n) is 17.7. The monoisotopic (exact) mass is 436 g/mol. The van der Waals surface area contributed by atoms with Gasteiger partial charge >= 0.3 is 0 Å². The molecule has 0 aromatic heterocycles. The van der Waals surface area contributed by atoms with Crippen LogP contribution in [0.3, 0.4) is 0 Å². The summed E-state index contributed by atoms with van der Waals surface area (Å²) in [6.45, 7) is 4.78. The van der Waals surface area contributed by atoms with Crippen LogP contribution in [0.5, 0.6) is 5.75 Å². The van der Waals surface area contributed by atoms with Crippen molar-refractivity contribution in [2.75, 3.05) is 32.9 Å². The van der Waals surface area contributed by atoms with Gasteiger partial charge in [0, 0.05) is 44.3 Å². The molecule has 0 radical (unpaired) electrons. The van der Waals surface area contributed by atoms with Gasteiger partial charge in [-0.15, -0.1) is 0 Å². The fourth-order valence-electron chi connectivity index (χ4n) is 4.40. The van der Waals surface area contributed by atoms with Crippen LogP contribution in [0.2, 0.25) is 0 Å². The minimum atomic E-state index is -3.59. The first-order valence-corrected chi connectivity index (χ1v) is 12.6. The number of carbonyl (C=O) groups is 1. The standard InChI is InChI=1S/C22H32N2O5S/c1-2-13-29-20-5-7-21(8-6-20)30(26,27)23-12-9-19(16-23)24(22(25)17-3-4-17)18-10-14-28-15-11-18/h5-8,17-19H,2-4,9-16H2,1H3. The minimum absolute atomic E-state index is 0.0527. The van der Waals surface area contributed by atoms with Gasteiger partial charge in [-0.1, -0.05) is 6.92 Å². The van der Waals surface area contributed by atoms with Crippen LogP contribution < -0.4 is 4.74 Å². The van der Waals surface area contributed by atoms with E-state index in [0.717, 1.165) is 32.1 Å². The summed E-state index contributed by atoms with van der Waals surface area (Å²) in [7, 11) is -3.59. The van der Waals surface area contributed by atoms with E-state index in [1.165, 1.54) is 4.31 Å². The fourth-order valence-corrected chi connectivity index (χ4v) is 5.89. The van der Waals surface area contributed by atoms with E-state index < -0.39 is 10.0 Å². The number of benzene rings is 1. The summed E-state index contributed by atoms with van der Waals surface area (Å²) >= 11 is 0. The molecule has 0 bridgehead atoms. The molecule has 30 heavy (non-hydrogen) atoms. The Hall–Kier alpha value is -1.64. The minimum Gasteiger partial charge on any atom is -0.494 e. The van der Waals surface area contributed by atoms with Gasteiger partial charge in [0.15, 0.2) is 0 Å². The number of carbonyl (C=O) groups excluding carboxylic acids is 1. The Labute approximate surface area is 179 Å². The molecule has 1 atom stereocenters. The average Bonchev–Trinajstić information content (AvgIpc) is 3.51. The molecule has 2 saturated heterocycles. The van der Waals surface area contributed by atoms with Gasteiger partial charge < -0.3 is 14.4 Å². The van der Waals surface area contributed by atoms with E-state index in [1.807, 2.05) is 11.8 Å². The second-order valence-electron chi connectivity index (χ2n) is 8.49. The average molecular weight is 437 g/mol. The van der Waals surface area contributed by atoms with Crippen LogP contribution in [0.15, 0.2) is 29.2 Å². The molecule has 0 spiro atoms. The maximum absolute atomic E-state index is 13.2. The van der Waals surface area contributed by atoms with Crippen LogP contribution >= 0.6 is 0 Å². The predicted molar refractivity (Wildman–Crippen MR) is 113 cm³/mol. The molecule has 1 aliphatic carbocycles. The number of amides is 1. The third-order valence-corrected chi connectivity index (χ3v) is 8.10. The number of hydrogen-bond donors (Lipinski definition) is 0. The van der Waals surface area contributed by atoms with Crippen molar-refractivity contribution >= 4 is 15.9 Å². The smallest absolute Gasteiger partial charge is 0.243 e. The number of hydrogen-bond acceptors (Lipinski definition) is 5. The Balaban J connectivity index is 1.46. The van der Waals surface area contributed by atoms with Crippen molar-refractivity contribution in [1.29, 1.82) is 0 Å². The lowest BCUT2D eigenvalue weighted by Crippen LogP contribution is -2.51. The van der Waals surface area contributed by atoms with Crippen molar-refractivity contribution in [3.8, 4) is 5.75 Å². The molecule has 3 fully saturated rings. The van der Waals surface area contributed by atoms with Gasteiger partial charge in [-0.25, -0.2) is 8.42 Å². The van der Waals surface area contributed by atoms with E-state index in [1.54, 1.807) is 24.3 Å². The summed E-state index contributed by atoms with van der Waals surface area (Å²) in [4.78, 5) is 15.3. The van der Waals surface area contributed by atoms with Gasteiger partial charge in [-0.2, -0.15) is 4.31 Å². The van der Waals surface area contributed by atoms with Crippen LogP contribution in [0.1, 0.15) is 45.4 Å². The SMILES string of the molecule is CCCOc1ccc(S(=O)(=O)N2CCC(N(C(=O)C3CC3)C3CCOCC3)C2)cc1.